The Morgan fingerprint density at radius 2 is 1.81 bits per heavy atom. The summed E-state index contributed by atoms with van der Waals surface area (Å²) in [5.74, 6) is -0.304. The number of carbonyl (C=O) groups excluding carboxylic acids is 2. The van der Waals surface area contributed by atoms with E-state index in [1.165, 1.54) is 0 Å². The topological polar surface area (TPSA) is 59.1 Å². The van der Waals surface area contributed by atoms with Crippen molar-refractivity contribution in [3.05, 3.63) is 48.6 Å². The van der Waals surface area contributed by atoms with Crippen molar-refractivity contribution in [2.24, 2.45) is 5.92 Å². The smallest absolute Gasteiger partial charge is 0.410 e. The molecule has 3 atom stereocenters. The van der Waals surface area contributed by atoms with Crippen LogP contribution in [0.1, 0.15) is 52.0 Å². The Labute approximate surface area is 186 Å². The van der Waals surface area contributed by atoms with Crippen molar-refractivity contribution in [1.29, 1.82) is 0 Å². The predicted molar refractivity (Wildman–Crippen MR) is 120 cm³/mol. The van der Waals surface area contributed by atoms with Crippen LogP contribution in [0.2, 0.25) is 0 Å². The van der Waals surface area contributed by atoms with Crippen LogP contribution in [0.3, 0.4) is 0 Å². The van der Waals surface area contributed by atoms with Gasteiger partial charge in [0.15, 0.2) is 0 Å². The van der Waals surface area contributed by atoms with Gasteiger partial charge < -0.3 is 19.3 Å². The Morgan fingerprint density at radius 3 is 2.42 bits per heavy atom. The molecule has 1 aromatic rings. The number of nitrogens with zero attached hydrogens (tertiary/aromatic N) is 2. The molecule has 1 aromatic carbocycles. The molecule has 6 heteroatoms. The van der Waals surface area contributed by atoms with Gasteiger partial charge in [0.25, 0.3) is 5.91 Å². The first-order valence-corrected chi connectivity index (χ1v) is 11.4. The molecule has 0 saturated carbocycles. The van der Waals surface area contributed by atoms with E-state index in [1.54, 1.807) is 11.0 Å². The molecule has 6 nitrogen and oxygen atoms in total. The molecule has 3 rings (SSSR count). The number of hydrogen-bond acceptors (Lipinski definition) is 4. The third-order valence-electron chi connectivity index (χ3n) is 5.93. The highest BCUT2D eigenvalue weighted by molar-refractivity contribution is 5.82. The number of ether oxygens (including phenoxy) is 2. The van der Waals surface area contributed by atoms with E-state index in [-0.39, 0.29) is 24.0 Å². The van der Waals surface area contributed by atoms with Crippen molar-refractivity contribution in [2.45, 2.75) is 70.8 Å². The largest absolute Gasteiger partial charge is 0.444 e. The fourth-order valence-electron chi connectivity index (χ4n) is 4.45. The van der Waals surface area contributed by atoms with Crippen LogP contribution in [0.5, 0.6) is 0 Å². The molecule has 0 bridgehead atoms. The average Bonchev–Trinajstić information content (AvgIpc) is 3.42. The number of amides is 2. The van der Waals surface area contributed by atoms with Crippen molar-refractivity contribution in [3.8, 4) is 0 Å². The van der Waals surface area contributed by atoms with E-state index in [9.17, 15) is 9.59 Å². The van der Waals surface area contributed by atoms with Crippen molar-refractivity contribution in [2.75, 3.05) is 19.6 Å². The standard InChI is InChI=1S/C25H36N2O4/c1-5-20(21-14-11-17-27(21)24(29)31-25(2,3)4)22(23(28)26-15-9-10-16-26)30-18-19-12-7-6-8-13-19/h5-8,12-13,20-22H,1,9-11,14-18H2,2-4H3/t20-,21+,22-/m1/s1. The zero-order valence-corrected chi connectivity index (χ0v) is 19.1. The highest BCUT2D eigenvalue weighted by atomic mass is 16.6. The van der Waals surface area contributed by atoms with Crippen LogP contribution in [0, 0.1) is 5.92 Å². The number of rotatable bonds is 7. The van der Waals surface area contributed by atoms with Crippen LogP contribution < -0.4 is 0 Å². The SMILES string of the molecule is C=C[C@@H]([C@@H](OCc1ccccc1)C(=O)N1CCCC1)[C@@H]1CCCN1C(=O)OC(C)(C)C. The average molecular weight is 429 g/mol. The lowest BCUT2D eigenvalue weighted by molar-refractivity contribution is -0.147. The van der Waals surface area contributed by atoms with Gasteiger partial charge in [-0.05, 0) is 52.0 Å². The summed E-state index contributed by atoms with van der Waals surface area (Å²) in [7, 11) is 0. The zero-order valence-electron chi connectivity index (χ0n) is 19.1. The summed E-state index contributed by atoms with van der Waals surface area (Å²) >= 11 is 0. The first-order valence-electron chi connectivity index (χ1n) is 11.4. The molecule has 2 amide bonds. The highest BCUT2D eigenvalue weighted by Gasteiger charge is 2.43. The summed E-state index contributed by atoms with van der Waals surface area (Å²) < 4.78 is 11.9. The molecule has 2 saturated heterocycles. The summed E-state index contributed by atoms with van der Waals surface area (Å²) in [6, 6.07) is 9.69. The predicted octanol–water partition coefficient (Wildman–Crippen LogP) is 4.40. The van der Waals surface area contributed by atoms with E-state index in [1.807, 2.05) is 56.0 Å². The molecule has 2 heterocycles. The van der Waals surface area contributed by atoms with Crippen molar-refractivity contribution in [3.63, 3.8) is 0 Å². The molecule has 0 aromatic heterocycles. The van der Waals surface area contributed by atoms with Gasteiger partial charge in [0, 0.05) is 31.6 Å². The van der Waals surface area contributed by atoms with Crippen molar-refractivity contribution >= 4 is 12.0 Å². The number of carbonyl (C=O) groups is 2. The Morgan fingerprint density at radius 1 is 1.13 bits per heavy atom. The molecule has 2 aliphatic heterocycles. The molecule has 0 radical (unpaired) electrons. The fourth-order valence-corrected chi connectivity index (χ4v) is 4.45. The maximum atomic E-state index is 13.4. The van der Waals surface area contributed by atoms with E-state index in [4.69, 9.17) is 9.47 Å². The third kappa shape index (κ3) is 6.10. The Kier molecular flexibility index (Phi) is 7.76. The summed E-state index contributed by atoms with van der Waals surface area (Å²) in [5, 5.41) is 0. The lowest BCUT2D eigenvalue weighted by Crippen LogP contribution is -2.50. The van der Waals surface area contributed by atoms with Crippen LogP contribution in [-0.4, -0.2) is 59.2 Å². The van der Waals surface area contributed by atoms with Crippen LogP contribution in [0.15, 0.2) is 43.0 Å². The van der Waals surface area contributed by atoms with Gasteiger partial charge in [-0.2, -0.15) is 0 Å². The molecule has 0 aliphatic carbocycles. The molecule has 31 heavy (non-hydrogen) atoms. The van der Waals surface area contributed by atoms with E-state index >= 15 is 0 Å². The van der Waals surface area contributed by atoms with E-state index in [0.717, 1.165) is 44.3 Å². The van der Waals surface area contributed by atoms with Gasteiger partial charge in [0.1, 0.15) is 11.7 Å². The second kappa shape index (κ2) is 10.3. The monoisotopic (exact) mass is 428 g/mol. The van der Waals surface area contributed by atoms with Gasteiger partial charge in [0.2, 0.25) is 0 Å². The molecular formula is C25H36N2O4. The minimum atomic E-state index is -0.677. The van der Waals surface area contributed by atoms with E-state index in [0.29, 0.717) is 13.2 Å². The maximum Gasteiger partial charge on any atom is 0.410 e. The van der Waals surface area contributed by atoms with E-state index < -0.39 is 11.7 Å². The van der Waals surface area contributed by atoms with Gasteiger partial charge in [-0.1, -0.05) is 36.4 Å². The zero-order chi connectivity index (χ0) is 22.4. The summed E-state index contributed by atoms with van der Waals surface area (Å²) in [4.78, 5) is 29.9. The Bertz CT molecular complexity index is 753. The fraction of sp³-hybridized carbons (Fsp3) is 0.600. The quantitative estimate of drug-likeness (QED) is 0.604. The van der Waals surface area contributed by atoms with Gasteiger partial charge in [-0.25, -0.2) is 4.79 Å². The lowest BCUT2D eigenvalue weighted by atomic mass is 9.90. The third-order valence-corrected chi connectivity index (χ3v) is 5.93. The number of likely N-dealkylation sites (tertiary alicyclic amines) is 2. The molecule has 0 unspecified atom stereocenters. The van der Waals surface area contributed by atoms with Crippen molar-refractivity contribution in [1.82, 2.24) is 9.80 Å². The molecule has 0 N–H and O–H groups in total. The molecule has 2 fully saturated rings. The van der Waals surface area contributed by atoms with Gasteiger partial charge >= 0.3 is 6.09 Å². The first-order chi connectivity index (χ1) is 14.8. The van der Waals surface area contributed by atoms with Gasteiger partial charge in [0.05, 0.1) is 6.61 Å². The number of benzene rings is 1. The lowest BCUT2D eigenvalue weighted by Gasteiger charge is -2.36. The minimum absolute atomic E-state index is 0.00521. The van der Waals surface area contributed by atoms with Gasteiger partial charge in [-0.15, -0.1) is 6.58 Å². The van der Waals surface area contributed by atoms with Crippen LogP contribution in [-0.2, 0) is 20.9 Å². The van der Waals surface area contributed by atoms with Crippen LogP contribution in [0.4, 0.5) is 4.79 Å². The maximum absolute atomic E-state index is 13.4. The van der Waals surface area contributed by atoms with Gasteiger partial charge in [-0.3, -0.25) is 4.79 Å². The van der Waals surface area contributed by atoms with Crippen LogP contribution in [0.25, 0.3) is 0 Å². The highest BCUT2D eigenvalue weighted by Crippen LogP contribution is 2.31. The summed E-state index contributed by atoms with van der Waals surface area (Å²) in [5.41, 5.74) is 0.447. The second-order valence-corrected chi connectivity index (χ2v) is 9.45. The Balaban J connectivity index is 1.81. The molecule has 2 aliphatic rings. The molecule has 170 valence electrons. The Hall–Kier alpha value is -2.34. The normalized spacial score (nSPS) is 21.1. The molecule has 0 spiro atoms. The number of hydrogen-bond donors (Lipinski definition) is 0. The summed E-state index contributed by atoms with van der Waals surface area (Å²) in [6.45, 7) is 12.1. The first kappa shape index (κ1) is 23.3. The minimum Gasteiger partial charge on any atom is -0.444 e. The second-order valence-electron chi connectivity index (χ2n) is 9.45. The van der Waals surface area contributed by atoms with E-state index in [2.05, 4.69) is 6.58 Å². The van der Waals surface area contributed by atoms with Crippen molar-refractivity contribution < 1.29 is 19.1 Å². The molecular weight excluding hydrogens is 392 g/mol. The van der Waals surface area contributed by atoms with Crippen LogP contribution >= 0.6 is 0 Å². The summed E-state index contributed by atoms with van der Waals surface area (Å²) in [6.07, 6.45) is 4.48.